The second kappa shape index (κ2) is 8.14. The van der Waals surface area contributed by atoms with Crippen LogP contribution in [0.5, 0.6) is 0 Å². The van der Waals surface area contributed by atoms with Gasteiger partial charge in [0.05, 0.1) is 22.7 Å². The number of nitro groups is 1. The van der Waals surface area contributed by atoms with Crippen LogP contribution in [-0.2, 0) is 6.54 Å². The third-order valence-corrected chi connectivity index (χ3v) is 4.23. The van der Waals surface area contributed by atoms with Crippen molar-refractivity contribution in [3.05, 3.63) is 106 Å². The highest BCUT2D eigenvalue weighted by Gasteiger charge is 2.20. The van der Waals surface area contributed by atoms with Crippen LogP contribution in [0.15, 0.2) is 78.9 Å². The van der Waals surface area contributed by atoms with E-state index in [1.807, 2.05) is 60.7 Å². The predicted molar refractivity (Wildman–Crippen MR) is 104 cm³/mol. The first-order valence-corrected chi connectivity index (χ1v) is 8.48. The fraction of sp³-hybridized carbons (Fsp3) is 0.0952. The van der Waals surface area contributed by atoms with Gasteiger partial charge in [-0.05, 0) is 30.7 Å². The van der Waals surface area contributed by atoms with Gasteiger partial charge in [0.1, 0.15) is 0 Å². The molecule has 1 amide bonds. The van der Waals surface area contributed by atoms with Crippen molar-refractivity contribution in [2.45, 2.75) is 13.5 Å². The Morgan fingerprint density at radius 2 is 1.59 bits per heavy atom. The first-order valence-electron chi connectivity index (χ1n) is 8.48. The molecule has 0 aliphatic heterocycles. The number of hydrogen-bond acceptors (Lipinski definition) is 4. The first-order chi connectivity index (χ1) is 13.1. The summed E-state index contributed by atoms with van der Waals surface area (Å²) < 4.78 is 0. The van der Waals surface area contributed by atoms with Crippen LogP contribution in [0, 0.1) is 17.0 Å². The van der Waals surface area contributed by atoms with E-state index in [1.54, 1.807) is 18.0 Å². The van der Waals surface area contributed by atoms with Gasteiger partial charge in [-0.25, -0.2) is 0 Å². The Kier molecular flexibility index (Phi) is 5.47. The average molecular weight is 361 g/mol. The Bertz CT molecular complexity index is 943. The van der Waals surface area contributed by atoms with Crippen LogP contribution in [0.3, 0.4) is 0 Å². The molecule has 6 nitrogen and oxygen atoms in total. The van der Waals surface area contributed by atoms with Crippen molar-refractivity contribution >= 4 is 17.3 Å². The van der Waals surface area contributed by atoms with Crippen LogP contribution in [0.4, 0.5) is 11.4 Å². The molecule has 0 atom stereocenters. The van der Waals surface area contributed by atoms with E-state index in [1.165, 1.54) is 12.1 Å². The number of rotatable bonds is 6. The number of anilines is 1. The van der Waals surface area contributed by atoms with Gasteiger partial charge in [0.2, 0.25) is 0 Å². The molecule has 27 heavy (non-hydrogen) atoms. The van der Waals surface area contributed by atoms with Crippen molar-refractivity contribution in [1.29, 1.82) is 0 Å². The lowest BCUT2D eigenvalue weighted by molar-refractivity contribution is -0.385. The Hall–Kier alpha value is -3.67. The van der Waals surface area contributed by atoms with Crippen molar-refractivity contribution < 1.29 is 9.72 Å². The van der Waals surface area contributed by atoms with Crippen molar-refractivity contribution in [1.82, 2.24) is 5.43 Å². The molecule has 0 unspecified atom stereocenters. The van der Waals surface area contributed by atoms with Crippen LogP contribution in [0.25, 0.3) is 0 Å². The minimum atomic E-state index is -0.481. The molecular weight excluding hydrogens is 342 g/mol. The molecule has 0 saturated heterocycles. The molecular formula is C21H19N3O3. The maximum atomic E-state index is 12.8. The Morgan fingerprint density at radius 3 is 2.22 bits per heavy atom. The summed E-state index contributed by atoms with van der Waals surface area (Å²) >= 11 is 0. The van der Waals surface area contributed by atoms with Gasteiger partial charge < -0.3 is 0 Å². The molecule has 0 radical (unpaired) electrons. The quantitative estimate of drug-likeness (QED) is 0.526. The lowest BCUT2D eigenvalue weighted by Gasteiger charge is -2.26. The molecule has 0 aromatic heterocycles. The van der Waals surface area contributed by atoms with Gasteiger partial charge in [0, 0.05) is 11.6 Å². The lowest BCUT2D eigenvalue weighted by Crippen LogP contribution is -2.42. The van der Waals surface area contributed by atoms with E-state index in [2.05, 4.69) is 5.43 Å². The van der Waals surface area contributed by atoms with E-state index in [0.29, 0.717) is 12.1 Å². The SMILES string of the molecule is Cc1c(C(=O)NN(Cc2ccccc2)c2ccccc2)cccc1[N+](=O)[O-]. The van der Waals surface area contributed by atoms with E-state index in [9.17, 15) is 14.9 Å². The summed E-state index contributed by atoms with van der Waals surface area (Å²) in [5.74, 6) is -0.393. The summed E-state index contributed by atoms with van der Waals surface area (Å²) in [6.45, 7) is 2.04. The molecule has 0 heterocycles. The summed E-state index contributed by atoms with van der Waals surface area (Å²) in [7, 11) is 0. The van der Waals surface area contributed by atoms with E-state index in [-0.39, 0.29) is 11.3 Å². The third kappa shape index (κ3) is 4.30. The fourth-order valence-corrected chi connectivity index (χ4v) is 2.82. The second-order valence-electron chi connectivity index (χ2n) is 6.06. The molecule has 6 heteroatoms. The largest absolute Gasteiger partial charge is 0.281 e. The van der Waals surface area contributed by atoms with Gasteiger partial charge in [0.25, 0.3) is 11.6 Å². The van der Waals surface area contributed by atoms with Gasteiger partial charge in [-0.15, -0.1) is 0 Å². The zero-order chi connectivity index (χ0) is 19.2. The zero-order valence-electron chi connectivity index (χ0n) is 14.8. The Balaban J connectivity index is 1.89. The summed E-state index contributed by atoms with van der Waals surface area (Å²) in [6, 6.07) is 23.7. The van der Waals surface area contributed by atoms with E-state index in [4.69, 9.17) is 0 Å². The maximum absolute atomic E-state index is 12.8. The minimum absolute atomic E-state index is 0.0722. The molecule has 3 aromatic carbocycles. The van der Waals surface area contributed by atoms with Crippen LogP contribution < -0.4 is 10.4 Å². The molecule has 0 saturated carbocycles. The zero-order valence-corrected chi connectivity index (χ0v) is 14.8. The molecule has 136 valence electrons. The average Bonchev–Trinajstić information content (AvgIpc) is 2.69. The molecule has 3 rings (SSSR count). The molecule has 0 bridgehead atoms. The van der Waals surface area contributed by atoms with Crippen LogP contribution in [0.2, 0.25) is 0 Å². The smallest absolute Gasteiger partial charge is 0.273 e. The predicted octanol–water partition coefficient (Wildman–Crippen LogP) is 4.25. The highest BCUT2D eigenvalue weighted by atomic mass is 16.6. The molecule has 1 N–H and O–H groups in total. The summed E-state index contributed by atoms with van der Waals surface area (Å²) in [5.41, 5.74) is 5.26. The number of carbonyl (C=O) groups excluding carboxylic acids is 1. The molecule has 0 spiro atoms. The van der Waals surface area contributed by atoms with Crippen molar-refractivity contribution in [2.24, 2.45) is 0 Å². The number of amides is 1. The maximum Gasteiger partial charge on any atom is 0.273 e. The van der Waals surface area contributed by atoms with Crippen molar-refractivity contribution in [3.8, 4) is 0 Å². The number of nitro benzene ring substituents is 1. The summed E-state index contributed by atoms with van der Waals surface area (Å²) in [6.07, 6.45) is 0. The van der Waals surface area contributed by atoms with E-state index < -0.39 is 10.8 Å². The highest BCUT2D eigenvalue weighted by molar-refractivity contribution is 5.97. The number of nitrogens with zero attached hydrogens (tertiary/aromatic N) is 2. The molecule has 0 fully saturated rings. The molecule has 0 aliphatic rings. The molecule has 0 aliphatic carbocycles. The highest BCUT2D eigenvalue weighted by Crippen LogP contribution is 2.22. The normalized spacial score (nSPS) is 10.3. The summed E-state index contributed by atoms with van der Waals surface area (Å²) in [5, 5.41) is 12.9. The lowest BCUT2D eigenvalue weighted by atomic mass is 10.1. The third-order valence-electron chi connectivity index (χ3n) is 4.23. The van der Waals surface area contributed by atoms with Gasteiger partial charge in [-0.2, -0.15) is 0 Å². The van der Waals surface area contributed by atoms with Crippen LogP contribution in [0.1, 0.15) is 21.5 Å². The Labute approximate surface area is 157 Å². The van der Waals surface area contributed by atoms with Crippen LogP contribution in [-0.4, -0.2) is 10.8 Å². The van der Waals surface area contributed by atoms with E-state index in [0.717, 1.165) is 11.3 Å². The van der Waals surface area contributed by atoms with Gasteiger partial charge in [-0.3, -0.25) is 25.3 Å². The minimum Gasteiger partial charge on any atom is -0.281 e. The number of hydrogen-bond donors (Lipinski definition) is 1. The van der Waals surface area contributed by atoms with Crippen LogP contribution >= 0.6 is 0 Å². The number of hydrazine groups is 1. The standard InChI is InChI=1S/C21H19N3O3/c1-16-19(13-8-14-20(16)24(26)27)21(25)22-23(18-11-6-3-7-12-18)15-17-9-4-2-5-10-17/h2-14H,15H2,1H3,(H,22,25). The topological polar surface area (TPSA) is 75.5 Å². The van der Waals surface area contributed by atoms with E-state index >= 15 is 0 Å². The number of carbonyl (C=O) groups is 1. The number of para-hydroxylation sites is 1. The van der Waals surface area contributed by atoms with Crippen molar-refractivity contribution in [2.75, 3.05) is 5.01 Å². The number of nitrogens with one attached hydrogen (secondary N) is 1. The Morgan fingerprint density at radius 1 is 0.963 bits per heavy atom. The second-order valence-corrected chi connectivity index (χ2v) is 6.06. The molecule has 3 aromatic rings. The monoisotopic (exact) mass is 361 g/mol. The van der Waals surface area contributed by atoms with Gasteiger partial charge >= 0.3 is 0 Å². The van der Waals surface area contributed by atoms with Gasteiger partial charge in [-0.1, -0.05) is 54.6 Å². The van der Waals surface area contributed by atoms with Crippen molar-refractivity contribution in [3.63, 3.8) is 0 Å². The first kappa shape index (κ1) is 18.1. The summed E-state index contributed by atoms with van der Waals surface area (Å²) in [4.78, 5) is 23.5. The van der Waals surface area contributed by atoms with Gasteiger partial charge in [0.15, 0.2) is 0 Å². The number of benzene rings is 3. The fourth-order valence-electron chi connectivity index (χ4n) is 2.82.